The minimum Gasteiger partial charge on any atom is -0.480 e. The largest absolute Gasteiger partial charge is 0.480 e. The smallest absolute Gasteiger partial charge is 0.320 e. The summed E-state index contributed by atoms with van der Waals surface area (Å²) in [5.74, 6) is -0.915. The second kappa shape index (κ2) is 6.12. The molecule has 0 fully saturated rings. The van der Waals surface area contributed by atoms with Crippen LogP contribution in [0.5, 0.6) is 0 Å². The highest BCUT2D eigenvalue weighted by Crippen LogP contribution is 1.92. The lowest BCUT2D eigenvalue weighted by molar-refractivity contribution is -0.138. The van der Waals surface area contributed by atoms with E-state index in [0.29, 0.717) is 6.42 Å². The lowest BCUT2D eigenvalue weighted by atomic mass is 10.2. The molecule has 0 aromatic carbocycles. The van der Waals surface area contributed by atoms with Crippen LogP contribution in [0.3, 0.4) is 0 Å². The van der Waals surface area contributed by atoms with E-state index in [2.05, 4.69) is 5.32 Å². The predicted octanol–water partition coefficient (Wildman–Crippen LogP) is -0.212. The summed E-state index contributed by atoms with van der Waals surface area (Å²) in [5, 5.41) is 11.5. The van der Waals surface area contributed by atoms with Crippen molar-refractivity contribution in [3.63, 3.8) is 0 Å². The molecule has 0 saturated heterocycles. The van der Waals surface area contributed by atoms with E-state index in [9.17, 15) is 4.79 Å². The van der Waals surface area contributed by atoms with Crippen molar-refractivity contribution in [3.05, 3.63) is 0 Å². The zero-order valence-corrected chi connectivity index (χ0v) is 6.84. The molecule has 66 valence electrons. The van der Waals surface area contributed by atoms with Crippen molar-refractivity contribution in [1.29, 1.82) is 0 Å². The predicted molar refractivity (Wildman–Crippen MR) is 43.4 cm³/mol. The Morgan fingerprint density at radius 1 is 1.73 bits per heavy atom. The van der Waals surface area contributed by atoms with E-state index in [-0.39, 0.29) is 0 Å². The van der Waals surface area contributed by atoms with Gasteiger partial charge in [0.25, 0.3) is 0 Å². The average Bonchev–Trinajstić information content (AvgIpc) is 1.97. The van der Waals surface area contributed by atoms with E-state index < -0.39 is 12.0 Å². The molecule has 0 saturated carbocycles. The van der Waals surface area contributed by atoms with Gasteiger partial charge >= 0.3 is 5.97 Å². The van der Waals surface area contributed by atoms with E-state index in [1.165, 1.54) is 0 Å². The molecule has 0 aliphatic heterocycles. The molecule has 0 aromatic rings. The van der Waals surface area contributed by atoms with Gasteiger partial charge in [-0.15, -0.1) is 0 Å². The van der Waals surface area contributed by atoms with Gasteiger partial charge in [0, 0.05) is 0 Å². The van der Waals surface area contributed by atoms with Crippen molar-refractivity contribution in [3.8, 4) is 0 Å². The number of nitrogens with one attached hydrogen (secondary N) is 1. The van der Waals surface area contributed by atoms with Crippen LogP contribution in [0.4, 0.5) is 0 Å². The van der Waals surface area contributed by atoms with Crippen LogP contribution in [-0.4, -0.2) is 30.2 Å². The fourth-order valence-corrected chi connectivity index (χ4v) is 0.747. The Balaban J connectivity index is 3.17. The monoisotopic (exact) mass is 160 g/mol. The Kier molecular flexibility index (Phi) is 5.78. The van der Waals surface area contributed by atoms with Gasteiger partial charge < -0.3 is 16.2 Å². The lowest BCUT2D eigenvalue weighted by Gasteiger charge is -2.05. The molecule has 4 nitrogen and oxygen atoms in total. The van der Waals surface area contributed by atoms with Gasteiger partial charge in [0.1, 0.15) is 6.04 Å². The molecule has 0 aliphatic rings. The van der Waals surface area contributed by atoms with Crippen molar-refractivity contribution in [2.45, 2.75) is 25.8 Å². The molecule has 0 heterocycles. The summed E-state index contributed by atoms with van der Waals surface area (Å²) < 4.78 is 0. The number of carboxylic acids is 1. The van der Waals surface area contributed by atoms with Crippen LogP contribution in [0, 0.1) is 0 Å². The number of carboxylic acid groups (broad SMARTS) is 1. The molecule has 0 rings (SSSR count). The highest BCUT2D eigenvalue weighted by molar-refractivity contribution is 5.72. The van der Waals surface area contributed by atoms with Gasteiger partial charge in [-0.1, -0.05) is 6.92 Å². The minimum atomic E-state index is -0.915. The molecule has 0 spiro atoms. The van der Waals surface area contributed by atoms with Crippen molar-refractivity contribution >= 4 is 5.97 Å². The lowest BCUT2D eigenvalue weighted by Crippen LogP contribution is -2.30. The summed E-state index contributed by atoms with van der Waals surface area (Å²) in [5.41, 5.74) is 5.27. The third-order valence-corrected chi connectivity index (χ3v) is 1.44. The van der Waals surface area contributed by atoms with Gasteiger partial charge in [-0.2, -0.15) is 0 Å². The van der Waals surface area contributed by atoms with Crippen LogP contribution in [-0.2, 0) is 4.79 Å². The molecular weight excluding hydrogens is 144 g/mol. The molecule has 4 N–H and O–H groups in total. The van der Waals surface area contributed by atoms with E-state index in [1.54, 1.807) is 0 Å². The topological polar surface area (TPSA) is 75.3 Å². The highest BCUT2D eigenvalue weighted by atomic mass is 16.4. The van der Waals surface area contributed by atoms with Crippen molar-refractivity contribution in [2.24, 2.45) is 5.73 Å². The summed E-state index contributed by atoms with van der Waals surface area (Å²) in [6, 6.07) is -0.700. The molecule has 0 aromatic heterocycles. The van der Waals surface area contributed by atoms with Gasteiger partial charge in [0.05, 0.1) is 0 Å². The average molecular weight is 160 g/mol. The first kappa shape index (κ1) is 10.4. The van der Waals surface area contributed by atoms with Crippen LogP contribution < -0.4 is 11.1 Å². The van der Waals surface area contributed by atoms with Gasteiger partial charge in [0.15, 0.2) is 0 Å². The number of aliphatic carboxylic acids is 1. The third kappa shape index (κ3) is 5.82. The second-order valence-corrected chi connectivity index (χ2v) is 2.44. The van der Waals surface area contributed by atoms with Crippen molar-refractivity contribution < 1.29 is 9.90 Å². The van der Waals surface area contributed by atoms with Crippen molar-refractivity contribution in [1.82, 2.24) is 5.32 Å². The second-order valence-electron chi connectivity index (χ2n) is 2.44. The fourth-order valence-electron chi connectivity index (χ4n) is 0.747. The fraction of sp³-hybridized carbons (Fsp3) is 0.857. The van der Waals surface area contributed by atoms with E-state index >= 15 is 0 Å². The molecular formula is C7H16N2O2. The Morgan fingerprint density at radius 3 is 2.82 bits per heavy atom. The first-order valence-corrected chi connectivity index (χ1v) is 3.87. The molecule has 0 radical (unpaired) electrons. The van der Waals surface area contributed by atoms with Gasteiger partial charge in [-0.3, -0.25) is 4.79 Å². The van der Waals surface area contributed by atoms with E-state index in [0.717, 1.165) is 19.5 Å². The zero-order chi connectivity index (χ0) is 8.69. The zero-order valence-electron chi connectivity index (χ0n) is 6.84. The molecule has 0 amide bonds. The number of hydrogen-bond acceptors (Lipinski definition) is 3. The molecule has 1 atom stereocenters. The standard InChI is InChI=1S/C7H16N2O2/c1-2-9-5-3-4-6(8)7(10)11/h6,9H,2-5,8H2,1H3,(H,10,11)/t6-/m1/s1. The van der Waals surface area contributed by atoms with Crippen LogP contribution in [0.25, 0.3) is 0 Å². The normalized spacial score (nSPS) is 12.9. The molecule has 0 aliphatic carbocycles. The SMILES string of the molecule is CCNCCC[C@@H](N)C(=O)O. The summed E-state index contributed by atoms with van der Waals surface area (Å²) in [4.78, 5) is 10.2. The van der Waals surface area contributed by atoms with E-state index in [4.69, 9.17) is 10.8 Å². The maximum absolute atomic E-state index is 10.2. The molecule has 0 bridgehead atoms. The third-order valence-electron chi connectivity index (χ3n) is 1.44. The quantitative estimate of drug-likeness (QED) is 0.470. The van der Waals surface area contributed by atoms with Crippen LogP contribution in [0.15, 0.2) is 0 Å². The Bertz CT molecular complexity index is 117. The van der Waals surface area contributed by atoms with Crippen LogP contribution in [0.2, 0.25) is 0 Å². The first-order chi connectivity index (χ1) is 5.18. The van der Waals surface area contributed by atoms with Gasteiger partial charge in [-0.05, 0) is 25.9 Å². The van der Waals surface area contributed by atoms with Gasteiger partial charge in [-0.25, -0.2) is 0 Å². The number of rotatable bonds is 6. The molecule has 11 heavy (non-hydrogen) atoms. The maximum Gasteiger partial charge on any atom is 0.320 e. The van der Waals surface area contributed by atoms with E-state index in [1.807, 2.05) is 6.92 Å². The summed E-state index contributed by atoms with van der Waals surface area (Å²) >= 11 is 0. The van der Waals surface area contributed by atoms with Crippen LogP contribution >= 0.6 is 0 Å². The summed E-state index contributed by atoms with van der Waals surface area (Å²) in [7, 11) is 0. The summed E-state index contributed by atoms with van der Waals surface area (Å²) in [6.45, 7) is 3.77. The van der Waals surface area contributed by atoms with Gasteiger partial charge in [0.2, 0.25) is 0 Å². The Morgan fingerprint density at radius 2 is 2.36 bits per heavy atom. The van der Waals surface area contributed by atoms with Crippen molar-refractivity contribution in [2.75, 3.05) is 13.1 Å². The number of nitrogens with two attached hydrogens (primary N) is 1. The maximum atomic E-state index is 10.2. The number of hydrogen-bond donors (Lipinski definition) is 3. The Labute approximate surface area is 66.8 Å². The highest BCUT2D eigenvalue weighted by Gasteiger charge is 2.09. The minimum absolute atomic E-state index is 0.544. The molecule has 0 unspecified atom stereocenters. The first-order valence-electron chi connectivity index (χ1n) is 3.87. The molecule has 4 heteroatoms. The summed E-state index contributed by atoms with van der Waals surface area (Å²) in [6.07, 6.45) is 1.36. The Hall–Kier alpha value is -0.610. The number of carbonyl (C=O) groups is 1. The van der Waals surface area contributed by atoms with Crippen LogP contribution in [0.1, 0.15) is 19.8 Å².